The van der Waals surface area contributed by atoms with Gasteiger partial charge in [0.05, 0.1) is 23.4 Å². The highest BCUT2D eigenvalue weighted by molar-refractivity contribution is 6.33. The number of rotatable bonds is 3. The summed E-state index contributed by atoms with van der Waals surface area (Å²) in [6.07, 6.45) is -5.07. The van der Waals surface area contributed by atoms with E-state index in [4.69, 9.17) is 11.6 Å². The smallest absolute Gasteiger partial charge is 0.416 e. The average molecular weight is 345 g/mol. The molecule has 122 valence electrons. The zero-order chi connectivity index (χ0) is 17.0. The van der Waals surface area contributed by atoms with Crippen LogP contribution in [0.15, 0.2) is 42.5 Å². The molecule has 0 bridgehead atoms. The number of benzene rings is 2. The van der Waals surface area contributed by atoms with Crippen LogP contribution in [0.3, 0.4) is 0 Å². The lowest BCUT2D eigenvalue weighted by Gasteiger charge is -2.13. The number of alkyl halides is 3. The topological polar surface area (TPSA) is 50.4 Å². The molecule has 4 nitrogen and oxygen atoms in total. The number of anilines is 3. The van der Waals surface area contributed by atoms with E-state index in [9.17, 15) is 18.0 Å². The Morgan fingerprint density at radius 3 is 2.26 bits per heavy atom. The number of carbonyl (C=O) groups excluding carboxylic acids is 1. The molecule has 0 aliphatic rings. The summed E-state index contributed by atoms with van der Waals surface area (Å²) in [6, 6.07) is 9.34. The van der Waals surface area contributed by atoms with Gasteiger partial charge in [-0.05, 0) is 42.5 Å². The molecule has 2 N–H and O–H groups in total. The summed E-state index contributed by atoms with van der Waals surface area (Å²) in [5.41, 5.74) is 0.336. The zero-order valence-electron chi connectivity index (χ0n) is 11.9. The number of hydrogen-bond donors (Lipinski definition) is 2. The van der Waals surface area contributed by atoms with Gasteiger partial charge in [-0.15, -0.1) is 0 Å². The Bertz CT molecular complexity index is 703. The van der Waals surface area contributed by atoms with Gasteiger partial charge in [0.2, 0.25) is 0 Å². The standard InChI is InChI=1S/C15H12ClF3N2O2/c1-23-14(22)21-11-5-3-10(4-6-11)20-13-8-9(15(17,18)19)2-7-12(13)16/h2-8,20H,1H3,(H,21,22). The minimum absolute atomic E-state index is 0.134. The molecule has 1 amide bonds. The van der Waals surface area contributed by atoms with Crippen LogP contribution in [-0.4, -0.2) is 13.2 Å². The van der Waals surface area contributed by atoms with Crippen LogP contribution in [-0.2, 0) is 10.9 Å². The third-order valence-electron chi connectivity index (χ3n) is 2.89. The third-order valence-corrected chi connectivity index (χ3v) is 3.22. The first kappa shape index (κ1) is 17.0. The van der Waals surface area contributed by atoms with Crippen LogP contribution in [0.5, 0.6) is 0 Å². The van der Waals surface area contributed by atoms with Crippen molar-refractivity contribution in [3.05, 3.63) is 53.1 Å². The number of amides is 1. The van der Waals surface area contributed by atoms with Crippen molar-refractivity contribution < 1.29 is 22.7 Å². The number of hydrogen-bond acceptors (Lipinski definition) is 3. The van der Waals surface area contributed by atoms with E-state index in [2.05, 4.69) is 15.4 Å². The summed E-state index contributed by atoms with van der Waals surface area (Å²) in [5.74, 6) is 0. The number of ether oxygens (including phenoxy) is 1. The first-order valence-corrected chi connectivity index (χ1v) is 6.76. The van der Waals surface area contributed by atoms with E-state index in [-0.39, 0.29) is 10.7 Å². The van der Waals surface area contributed by atoms with Crippen molar-refractivity contribution in [1.82, 2.24) is 0 Å². The van der Waals surface area contributed by atoms with Crippen LogP contribution in [0.25, 0.3) is 0 Å². The van der Waals surface area contributed by atoms with Crippen LogP contribution in [0, 0.1) is 0 Å². The minimum atomic E-state index is -4.45. The third kappa shape index (κ3) is 4.53. The monoisotopic (exact) mass is 344 g/mol. The highest BCUT2D eigenvalue weighted by Crippen LogP contribution is 2.35. The van der Waals surface area contributed by atoms with Crippen molar-refractivity contribution >= 4 is 34.8 Å². The molecule has 0 fully saturated rings. The van der Waals surface area contributed by atoms with Crippen LogP contribution in [0.2, 0.25) is 5.02 Å². The summed E-state index contributed by atoms with van der Waals surface area (Å²) < 4.78 is 42.6. The molecule has 23 heavy (non-hydrogen) atoms. The van der Waals surface area contributed by atoms with Gasteiger partial charge in [-0.25, -0.2) is 4.79 Å². The number of carbonyl (C=O) groups is 1. The van der Waals surface area contributed by atoms with Crippen LogP contribution >= 0.6 is 11.6 Å². The maximum atomic E-state index is 12.7. The summed E-state index contributed by atoms with van der Waals surface area (Å²) >= 11 is 5.91. The van der Waals surface area contributed by atoms with E-state index in [1.54, 1.807) is 24.3 Å². The van der Waals surface area contributed by atoms with E-state index in [0.29, 0.717) is 11.4 Å². The molecular formula is C15H12ClF3N2O2. The second-order valence-electron chi connectivity index (χ2n) is 4.51. The van der Waals surface area contributed by atoms with E-state index < -0.39 is 17.8 Å². The summed E-state index contributed by atoms with van der Waals surface area (Å²) in [5, 5.41) is 5.42. The lowest BCUT2D eigenvalue weighted by molar-refractivity contribution is -0.137. The Labute approximate surface area is 135 Å². The van der Waals surface area contributed by atoms with Crippen molar-refractivity contribution in [1.29, 1.82) is 0 Å². The van der Waals surface area contributed by atoms with Gasteiger partial charge in [-0.2, -0.15) is 13.2 Å². The second kappa shape index (κ2) is 6.78. The molecule has 0 atom stereocenters. The normalized spacial score (nSPS) is 11.0. The fourth-order valence-corrected chi connectivity index (χ4v) is 1.92. The summed E-state index contributed by atoms with van der Waals surface area (Å²) in [6.45, 7) is 0. The molecule has 2 aromatic carbocycles. The zero-order valence-corrected chi connectivity index (χ0v) is 12.6. The van der Waals surface area contributed by atoms with E-state index >= 15 is 0 Å². The summed E-state index contributed by atoms with van der Waals surface area (Å²) in [7, 11) is 1.24. The maximum Gasteiger partial charge on any atom is 0.416 e. The molecule has 0 aliphatic heterocycles. The fourth-order valence-electron chi connectivity index (χ4n) is 1.76. The molecule has 2 rings (SSSR count). The molecule has 0 spiro atoms. The first-order valence-electron chi connectivity index (χ1n) is 6.38. The Morgan fingerprint density at radius 2 is 1.70 bits per heavy atom. The Morgan fingerprint density at radius 1 is 1.09 bits per heavy atom. The Kier molecular flexibility index (Phi) is 5.00. The number of nitrogens with one attached hydrogen (secondary N) is 2. The fraction of sp³-hybridized carbons (Fsp3) is 0.133. The highest BCUT2D eigenvalue weighted by atomic mass is 35.5. The van der Waals surface area contributed by atoms with Crippen LogP contribution in [0.1, 0.15) is 5.56 Å². The van der Waals surface area contributed by atoms with Gasteiger partial charge in [-0.1, -0.05) is 11.6 Å². The van der Waals surface area contributed by atoms with Crippen LogP contribution < -0.4 is 10.6 Å². The lowest BCUT2D eigenvalue weighted by Crippen LogP contribution is -2.10. The van der Waals surface area contributed by atoms with Gasteiger partial charge in [0.25, 0.3) is 0 Å². The average Bonchev–Trinajstić information content (AvgIpc) is 2.50. The molecule has 0 aliphatic carbocycles. The quantitative estimate of drug-likeness (QED) is 0.796. The van der Waals surface area contributed by atoms with Gasteiger partial charge in [-0.3, -0.25) is 5.32 Å². The second-order valence-corrected chi connectivity index (χ2v) is 4.92. The molecule has 0 aromatic heterocycles. The molecule has 0 radical (unpaired) electrons. The highest BCUT2D eigenvalue weighted by Gasteiger charge is 2.30. The van der Waals surface area contributed by atoms with Crippen molar-refractivity contribution in [2.75, 3.05) is 17.7 Å². The Balaban J connectivity index is 2.17. The van der Waals surface area contributed by atoms with Crippen molar-refractivity contribution in [2.24, 2.45) is 0 Å². The van der Waals surface area contributed by atoms with Gasteiger partial charge in [0.1, 0.15) is 0 Å². The van der Waals surface area contributed by atoms with Crippen molar-refractivity contribution in [3.63, 3.8) is 0 Å². The lowest BCUT2D eigenvalue weighted by atomic mass is 10.2. The number of halogens is 4. The first-order chi connectivity index (χ1) is 10.8. The molecule has 0 heterocycles. The van der Waals surface area contributed by atoms with Crippen molar-refractivity contribution in [3.8, 4) is 0 Å². The van der Waals surface area contributed by atoms with Crippen molar-refractivity contribution in [2.45, 2.75) is 6.18 Å². The molecular weight excluding hydrogens is 333 g/mol. The maximum absolute atomic E-state index is 12.7. The molecule has 0 unspecified atom stereocenters. The Hall–Kier alpha value is -2.41. The predicted octanol–water partition coefficient (Wildman–Crippen LogP) is 5.28. The van der Waals surface area contributed by atoms with Gasteiger partial charge in [0, 0.05) is 11.4 Å². The van der Waals surface area contributed by atoms with Crippen LogP contribution in [0.4, 0.5) is 35.0 Å². The van der Waals surface area contributed by atoms with E-state index in [0.717, 1.165) is 12.1 Å². The molecule has 2 aromatic rings. The van der Waals surface area contributed by atoms with Gasteiger partial charge in [0.15, 0.2) is 0 Å². The predicted molar refractivity (Wildman–Crippen MR) is 82.2 cm³/mol. The molecule has 0 saturated carbocycles. The molecule has 8 heteroatoms. The van der Waals surface area contributed by atoms with Gasteiger partial charge < -0.3 is 10.1 Å². The largest absolute Gasteiger partial charge is 0.453 e. The van der Waals surface area contributed by atoms with Gasteiger partial charge >= 0.3 is 12.3 Å². The van der Waals surface area contributed by atoms with E-state index in [1.807, 2.05) is 0 Å². The summed E-state index contributed by atoms with van der Waals surface area (Å²) in [4.78, 5) is 11.1. The number of methoxy groups -OCH3 is 1. The molecule has 0 saturated heterocycles. The minimum Gasteiger partial charge on any atom is -0.453 e. The SMILES string of the molecule is COC(=O)Nc1ccc(Nc2cc(C(F)(F)F)ccc2Cl)cc1. The van der Waals surface area contributed by atoms with E-state index in [1.165, 1.54) is 13.2 Å².